The number of hydrogen-bond acceptors (Lipinski definition) is 2. The summed E-state index contributed by atoms with van der Waals surface area (Å²) in [6, 6.07) is 2.03. The molecule has 0 aliphatic heterocycles. The van der Waals surface area contributed by atoms with Gasteiger partial charge in [0.05, 0.1) is 6.61 Å². The van der Waals surface area contributed by atoms with E-state index in [1.807, 2.05) is 13.0 Å². The van der Waals surface area contributed by atoms with Crippen molar-refractivity contribution in [2.24, 2.45) is 5.92 Å². The van der Waals surface area contributed by atoms with Crippen LogP contribution >= 0.6 is 15.9 Å². The van der Waals surface area contributed by atoms with E-state index in [1.165, 1.54) is 25.7 Å². The average molecular weight is 270 g/mol. The summed E-state index contributed by atoms with van der Waals surface area (Å²) < 4.78 is 6.67. The van der Waals surface area contributed by atoms with Gasteiger partial charge >= 0.3 is 0 Å². The fourth-order valence-corrected chi connectivity index (χ4v) is 2.23. The second-order valence-electron chi connectivity index (χ2n) is 4.21. The molecular formula is C12H16BrNO. The van der Waals surface area contributed by atoms with Crippen LogP contribution in [-0.4, -0.2) is 11.6 Å². The van der Waals surface area contributed by atoms with Gasteiger partial charge in [-0.3, -0.25) is 0 Å². The van der Waals surface area contributed by atoms with Crippen molar-refractivity contribution in [2.45, 2.75) is 32.6 Å². The summed E-state index contributed by atoms with van der Waals surface area (Å²) in [7, 11) is 0. The summed E-state index contributed by atoms with van der Waals surface area (Å²) in [4.78, 5) is 4.25. The molecule has 0 radical (unpaired) electrons. The Morgan fingerprint density at radius 3 is 2.93 bits per heavy atom. The summed E-state index contributed by atoms with van der Waals surface area (Å²) in [5, 5.41) is 0. The van der Waals surface area contributed by atoms with Gasteiger partial charge in [0.25, 0.3) is 0 Å². The van der Waals surface area contributed by atoms with Crippen molar-refractivity contribution in [1.29, 1.82) is 0 Å². The lowest BCUT2D eigenvalue weighted by Gasteiger charge is -2.24. The molecule has 3 heteroatoms. The number of hydrogen-bond donors (Lipinski definition) is 0. The molecule has 0 bridgehead atoms. The van der Waals surface area contributed by atoms with E-state index in [-0.39, 0.29) is 0 Å². The molecule has 0 aromatic carbocycles. The zero-order chi connectivity index (χ0) is 10.7. The first kappa shape index (κ1) is 10.9. The van der Waals surface area contributed by atoms with Crippen LogP contribution in [-0.2, 0) is 0 Å². The third-order valence-electron chi connectivity index (χ3n) is 2.99. The van der Waals surface area contributed by atoms with Crippen LogP contribution in [0.15, 0.2) is 16.7 Å². The summed E-state index contributed by atoms with van der Waals surface area (Å²) in [5.41, 5.74) is 1.10. The van der Waals surface area contributed by atoms with Gasteiger partial charge in [0.2, 0.25) is 5.88 Å². The van der Waals surface area contributed by atoms with Crippen LogP contribution in [0.25, 0.3) is 0 Å². The van der Waals surface area contributed by atoms with Gasteiger partial charge in [-0.1, -0.05) is 19.3 Å². The lowest BCUT2D eigenvalue weighted by atomic mass is 9.83. The number of nitrogens with zero attached hydrogens (tertiary/aromatic N) is 1. The smallest absolute Gasteiger partial charge is 0.216 e. The zero-order valence-corrected chi connectivity index (χ0v) is 10.6. The highest BCUT2D eigenvalue weighted by Crippen LogP contribution is 2.29. The Balaban J connectivity index is 1.81. The van der Waals surface area contributed by atoms with Gasteiger partial charge in [-0.05, 0) is 41.3 Å². The highest BCUT2D eigenvalue weighted by Gasteiger charge is 2.17. The van der Waals surface area contributed by atoms with Crippen molar-refractivity contribution >= 4 is 15.9 Å². The Morgan fingerprint density at radius 2 is 2.33 bits per heavy atom. The molecule has 0 saturated heterocycles. The van der Waals surface area contributed by atoms with Crippen molar-refractivity contribution in [3.05, 3.63) is 22.3 Å². The van der Waals surface area contributed by atoms with Gasteiger partial charge in [-0.15, -0.1) is 0 Å². The lowest BCUT2D eigenvalue weighted by Crippen LogP contribution is -2.14. The first-order chi connectivity index (χ1) is 7.25. The van der Waals surface area contributed by atoms with Crippen LogP contribution in [0.4, 0.5) is 0 Å². The summed E-state index contributed by atoms with van der Waals surface area (Å²) >= 11 is 3.39. The maximum Gasteiger partial charge on any atom is 0.216 e. The van der Waals surface area contributed by atoms with Gasteiger partial charge in [0, 0.05) is 16.2 Å². The summed E-state index contributed by atoms with van der Waals surface area (Å²) in [5.74, 6) is 1.68. The minimum absolute atomic E-state index is 0.775. The third-order valence-corrected chi connectivity index (χ3v) is 3.42. The Hall–Kier alpha value is -0.570. The number of pyridine rings is 1. The average Bonchev–Trinajstić information content (AvgIpc) is 2.12. The van der Waals surface area contributed by atoms with Crippen LogP contribution in [0, 0.1) is 12.8 Å². The predicted octanol–water partition coefficient (Wildman–Crippen LogP) is 3.72. The summed E-state index contributed by atoms with van der Waals surface area (Å²) in [6.45, 7) is 2.83. The van der Waals surface area contributed by atoms with Crippen LogP contribution in [0.1, 0.15) is 31.2 Å². The molecule has 1 aliphatic rings. The molecule has 0 unspecified atom stereocenters. The highest BCUT2D eigenvalue weighted by atomic mass is 79.9. The van der Waals surface area contributed by atoms with E-state index in [0.717, 1.165) is 28.4 Å². The number of rotatable bonds is 4. The minimum Gasteiger partial charge on any atom is -0.477 e. The molecule has 2 rings (SSSR count). The molecule has 0 amide bonds. The number of halogens is 1. The molecule has 1 heterocycles. The second kappa shape index (κ2) is 4.97. The Morgan fingerprint density at radius 1 is 1.53 bits per heavy atom. The second-order valence-corrected chi connectivity index (χ2v) is 5.13. The Kier molecular flexibility index (Phi) is 3.62. The molecule has 0 atom stereocenters. The third kappa shape index (κ3) is 2.94. The van der Waals surface area contributed by atoms with E-state index in [2.05, 4.69) is 20.9 Å². The summed E-state index contributed by atoms with van der Waals surface area (Å²) in [6.07, 6.45) is 7.13. The van der Waals surface area contributed by atoms with E-state index in [9.17, 15) is 0 Å². The fraction of sp³-hybridized carbons (Fsp3) is 0.583. The molecular weight excluding hydrogens is 254 g/mol. The van der Waals surface area contributed by atoms with Crippen molar-refractivity contribution in [3.8, 4) is 5.88 Å². The molecule has 0 N–H and O–H groups in total. The largest absolute Gasteiger partial charge is 0.477 e. The molecule has 1 aromatic rings. The van der Waals surface area contributed by atoms with Crippen molar-refractivity contribution in [3.63, 3.8) is 0 Å². The molecule has 1 saturated carbocycles. The predicted molar refractivity (Wildman–Crippen MR) is 64.1 cm³/mol. The minimum atomic E-state index is 0.775. The highest BCUT2D eigenvalue weighted by molar-refractivity contribution is 9.10. The number of aryl methyl sites for hydroxylation is 1. The topological polar surface area (TPSA) is 22.1 Å². The van der Waals surface area contributed by atoms with Crippen LogP contribution in [0.3, 0.4) is 0 Å². The van der Waals surface area contributed by atoms with Crippen molar-refractivity contribution in [2.75, 3.05) is 6.61 Å². The van der Waals surface area contributed by atoms with E-state index >= 15 is 0 Å². The first-order valence-corrected chi connectivity index (χ1v) is 6.30. The number of ether oxygens (including phenoxy) is 1. The quantitative estimate of drug-likeness (QED) is 0.831. The molecule has 1 aliphatic carbocycles. The van der Waals surface area contributed by atoms with Gasteiger partial charge < -0.3 is 4.74 Å². The van der Waals surface area contributed by atoms with E-state index in [1.54, 1.807) is 6.20 Å². The maximum atomic E-state index is 5.67. The van der Waals surface area contributed by atoms with E-state index in [0.29, 0.717) is 0 Å². The molecule has 2 nitrogen and oxygen atoms in total. The fourth-order valence-electron chi connectivity index (χ4n) is 1.78. The van der Waals surface area contributed by atoms with Gasteiger partial charge in [-0.25, -0.2) is 4.98 Å². The zero-order valence-electron chi connectivity index (χ0n) is 9.00. The molecule has 1 aromatic heterocycles. The van der Waals surface area contributed by atoms with Crippen molar-refractivity contribution < 1.29 is 4.74 Å². The normalized spacial score (nSPS) is 16.1. The van der Waals surface area contributed by atoms with Crippen LogP contribution in [0.5, 0.6) is 5.88 Å². The van der Waals surface area contributed by atoms with Gasteiger partial charge in [-0.2, -0.15) is 0 Å². The first-order valence-electron chi connectivity index (χ1n) is 5.50. The molecule has 82 valence electrons. The van der Waals surface area contributed by atoms with Gasteiger partial charge in [0.1, 0.15) is 0 Å². The monoisotopic (exact) mass is 269 g/mol. The van der Waals surface area contributed by atoms with E-state index in [4.69, 9.17) is 4.74 Å². The lowest BCUT2D eigenvalue weighted by molar-refractivity contribution is 0.216. The van der Waals surface area contributed by atoms with Gasteiger partial charge in [0.15, 0.2) is 0 Å². The Bertz CT molecular complexity index is 336. The standard InChI is InChI=1S/C12H16BrNO/c1-9-7-11(13)8-14-12(9)15-6-5-10-3-2-4-10/h7-8,10H,2-6H2,1H3. The van der Waals surface area contributed by atoms with Crippen LogP contribution < -0.4 is 4.74 Å². The van der Waals surface area contributed by atoms with E-state index < -0.39 is 0 Å². The molecule has 15 heavy (non-hydrogen) atoms. The maximum absolute atomic E-state index is 5.67. The van der Waals surface area contributed by atoms with Crippen molar-refractivity contribution in [1.82, 2.24) is 4.98 Å². The molecule has 1 fully saturated rings. The number of aromatic nitrogens is 1. The SMILES string of the molecule is Cc1cc(Br)cnc1OCCC1CCC1. The van der Waals surface area contributed by atoms with Crippen LogP contribution in [0.2, 0.25) is 0 Å². The molecule has 0 spiro atoms. The Labute approximate surface area is 99.2 Å².